The molecule has 0 saturated heterocycles. The number of hydrogen-bond acceptors (Lipinski definition) is 4. The van der Waals surface area contributed by atoms with Crippen molar-refractivity contribution in [3.8, 4) is 11.8 Å². The normalized spacial score (nSPS) is 11.2. The van der Waals surface area contributed by atoms with Gasteiger partial charge in [0.05, 0.1) is 7.11 Å². The quantitative estimate of drug-likeness (QED) is 0.453. The lowest BCUT2D eigenvalue weighted by Crippen LogP contribution is -2.24. The van der Waals surface area contributed by atoms with Gasteiger partial charge in [-0.3, -0.25) is 4.79 Å². The highest BCUT2D eigenvalue weighted by Crippen LogP contribution is 2.19. The van der Waals surface area contributed by atoms with Crippen LogP contribution in [0.5, 0.6) is 5.75 Å². The molecule has 1 N–H and O–H groups in total. The maximum absolute atomic E-state index is 12.3. The van der Waals surface area contributed by atoms with Gasteiger partial charge >= 0.3 is 0 Å². The van der Waals surface area contributed by atoms with Gasteiger partial charge in [0.25, 0.3) is 5.91 Å². The van der Waals surface area contributed by atoms with Crippen LogP contribution in [0.4, 0.5) is 5.69 Å². The van der Waals surface area contributed by atoms with Gasteiger partial charge in [0, 0.05) is 26.3 Å². The van der Waals surface area contributed by atoms with Crippen LogP contribution >= 0.6 is 0 Å². The Labute approximate surface area is 166 Å². The minimum Gasteiger partial charge on any atom is -0.496 e. The van der Waals surface area contributed by atoms with Gasteiger partial charge in [-0.1, -0.05) is 36.4 Å². The molecular weight excluding hydrogens is 350 g/mol. The van der Waals surface area contributed by atoms with E-state index in [1.807, 2.05) is 80.5 Å². The first-order valence-electron chi connectivity index (χ1n) is 8.92. The molecule has 0 saturated carbocycles. The number of hydrogen-bond donors (Lipinski definition) is 1. The van der Waals surface area contributed by atoms with E-state index in [0.717, 1.165) is 28.1 Å². The van der Waals surface area contributed by atoms with Crippen molar-refractivity contribution in [1.82, 2.24) is 5.32 Å². The minimum atomic E-state index is -0.408. The third-order valence-corrected chi connectivity index (χ3v) is 4.25. The number of benzene rings is 2. The summed E-state index contributed by atoms with van der Waals surface area (Å²) in [6, 6.07) is 15.7. The molecule has 0 atom stereocenters. The topological polar surface area (TPSA) is 65.4 Å². The zero-order valence-corrected chi connectivity index (χ0v) is 16.7. The standard InChI is InChI=1S/C23H25N3O2/c1-17-8-9-19(14-22(17)28-4)16-25-23(27)20(15-24)7-5-6-18-10-12-21(13-11-18)26(2)3/h5-14H,16H2,1-4H3,(H,25,27)/b6-5+,20-7+. The largest absolute Gasteiger partial charge is 0.496 e. The van der Waals surface area contributed by atoms with Crippen LogP contribution in [0.15, 0.2) is 60.2 Å². The van der Waals surface area contributed by atoms with Gasteiger partial charge in [0.15, 0.2) is 0 Å². The smallest absolute Gasteiger partial charge is 0.262 e. The Morgan fingerprint density at radius 1 is 1.21 bits per heavy atom. The highest BCUT2D eigenvalue weighted by molar-refractivity contribution is 5.97. The Balaban J connectivity index is 1.99. The van der Waals surface area contributed by atoms with Crippen molar-refractivity contribution in [2.75, 3.05) is 26.1 Å². The molecule has 1 amide bonds. The fourth-order valence-electron chi connectivity index (χ4n) is 2.55. The molecule has 0 spiro atoms. The molecule has 0 aliphatic rings. The van der Waals surface area contributed by atoms with Crippen LogP contribution in [0.3, 0.4) is 0 Å². The molecule has 0 unspecified atom stereocenters. The van der Waals surface area contributed by atoms with Crippen LogP contribution in [-0.4, -0.2) is 27.1 Å². The van der Waals surface area contributed by atoms with Crippen LogP contribution in [0.1, 0.15) is 16.7 Å². The van der Waals surface area contributed by atoms with Gasteiger partial charge in [-0.25, -0.2) is 0 Å². The summed E-state index contributed by atoms with van der Waals surface area (Å²) in [6.45, 7) is 2.28. The average molecular weight is 375 g/mol. The first kappa shape index (κ1) is 20.8. The zero-order chi connectivity index (χ0) is 20.5. The average Bonchev–Trinajstić information content (AvgIpc) is 2.70. The first-order valence-corrected chi connectivity index (χ1v) is 8.92. The molecule has 2 aromatic carbocycles. The fourth-order valence-corrected chi connectivity index (χ4v) is 2.55. The number of nitrogens with one attached hydrogen (secondary N) is 1. The number of nitrogens with zero attached hydrogens (tertiary/aromatic N) is 2. The number of anilines is 1. The van der Waals surface area contributed by atoms with Gasteiger partial charge in [-0.2, -0.15) is 5.26 Å². The predicted molar refractivity (Wildman–Crippen MR) is 113 cm³/mol. The lowest BCUT2D eigenvalue weighted by molar-refractivity contribution is -0.117. The summed E-state index contributed by atoms with van der Waals surface area (Å²) in [7, 11) is 5.58. The van der Waals surface area contributed by atoms with Crippen molar-refractivity contribution in [3.05, 3.63) is 76.9 Å². The SMILES string of the molecule is COc1cc(CNC(=O)/C(C#N)=C/C=C/c2ccc(N(C)C)cc2)ccc1C. The summed E-state index contributed by atoms with van der Waals surface area (Å²) in [6.07, 6.45) is 5.08. The number of ether oxygens (including phenoxy) is 1. The van der Waals surface area contributed by atoms with Gasteiger partial charge in [0.1, 0.15) is 17.4 Å². The summed E-state index contributed by atoms with van der Waals surface area (Å²) in [5.41, 5.74) is 4.09. The Morgan fingerprint density at radius 3 is 2.54 bits per heavy atom. The molecule has 0 aliphatic carbocycles. The number of methoxy groups -OCH3 is 1. The summed E-state index contributed by atoms with van der Waals surface area (Å²) >= 11 is 0. The molecule has 5 nitrogen and oxygen atoms in total. The maximum Gasteiger partial charge on any atom is 0.262 e. The van der Waals surface area contributed by atoms with Crippen LogP contribution < -0.4 is 15.0 Å². The van der Waals surface area contributed by atoms with E-state index in [1.165, 1.54) is 6.08 Å². The van der Waals surface area contributed by atoms with Gasteiger partial charge in [-0.15, -0.1) is 0 Å². The Morgan fingerprint density at radius 2 is 1.93 bits per heavy atom. The molecule has 0 bridgehead atoms. The molecule has 0 fully saturated rings. The molecule has 0 aromatic heterocycles. The molecule has 5 heteroatoms. The van der Waals surface area contributed by atoms with Gasteiger partial charge in [-0.05, 0) is 47.9 Å². The Hall–Kier alpha value is -3.52. The highest BCUT2D eigenvalue weighted by Gasteiger charge is 2.08. The third kappa shape index (κ3) is 5.75. The third-order valence-electron chi connectivity index (χ3n) is 4.25. The van der Waals surface area contributed by atoms with E-state index in [-0.39, 0.29) is 5.57 Å². The summed E-state index contributed by atoms with van der Waals surface area (Å²) in [5, 5.41) is 12.0. The van der Waals surface area contributed by atoms with E-state index >= 15 is 0 Å². The van der Waals surface area contributed by atoms with E-state index in [1.54, 1.807) is 13.2 Å². The highest BCUT2D eigenvalue weighted by atomic mass is 16.5. The summed E-state index contributed by atoms with van der Waals surface area (Å²) < 4.78 is 5.29. The number of nitriles is 1. The molecule has 0 aliphatic heterocycles. The Kier molecular flexibility index (Phi) is 7.41. The van der Waals surface area contributed by atoms with Crippen LogP contribution in [0.2, 0.25) is 0 Å². The number of aryl methyl sites for hydroxylation is 1. The van der Waals surface area contributed by atoms with Crippen molar-refractivity contribution in [1.29, 1.82) is 5.26 Å². The van der Waals surface area contributed by atoms with Crippen molar-refractivity contribution in [3.63, 3.8) is 0 Å². The summed E-state index contributed by atoms with van der Waals surface area (Å²) in [4.78, 5) is 14.3. The minimum absolute atomic E-state index is 0.0558. The second-order valence-electron chi connectivity index (χ2n) is 6.52. The monoisotopic (exact) mass is 375 g/mol. The van der Waals surface area contributed by atoms with Crippen LogP contribution in [-0.2, 0) is 11.3 Å². The molecule has 2 aromatic rings. The molecule has 0 radical (unpaired) electrons. The van der Waals surface area contributed by atoms with Crippen molar-refractivity contribution < 1.29 is 9.53 Å². The second-order valence-corrected chi connectivity index (χ2v) is 6.52. The van der Waals surface area contributed by atoms with Gasteiger partial charge < -0.3 is 15.0 Å². The van der Waals surface area contributed by atoms with E-state index in [2.05, 4.69) is 5.32 Å². The number of carbonyl (C=O) groups excluding carboxylic acids is 1. The lowest BCUT2D eigenvalue weighted by Gasteiger charge is -2.11. The summed E-state index contributed by atoms with van der Waals surface area (Å²) in [5.74, 6) is 0.362. The van der Waals surface area contributed by atoms with E-state index in [4.69, 9.17) is 4.74 Å². The van der Waals surface area contributed by atoms with E-state index in [9.17, 15) is 10.1 Å². The molecule has 144 valence electrons. The molecular formula is C23H25N3O2. The maximum atomic E-state index is 12.3. The molecule has 0 heterocycles. The van der Waals surface area contributed by atoms with Crippen molar-refractivity contribution in [2.45, 2.75) is 13.5 Å². The first-order chi connectivity index (χ1) is 13.4. The second kappa shape index (κ2) is 9.98. The van der Waals surface area contributed by atoms with Crippen LogP contribution in [0, 0.1) is 18.3 Å². The molecule has 2 rings (SSSR count). The molecule has 28 heavy (non-hydrogen) atoms. The number of amides is 1. The fraction of sp³-hybridized carbons (Fsp3) is 0.217. The predicted octanol–water partition coefficient (Wildman–Crippen LogP) is 3.85. The van der Waals surface area contributed by atoms with E-state index in [0.29, 0.717) is 6.54 Å². The van der Waals surface area contributed by atoms with Crippen molar-refractivity contribution >= 4 is 17.7 Å². The lowest BCUT2D eigenvalue weighted by atomic mass is 10.1. The van der Waals surface area contributed by atoms with E-state index < -0.39 is 5.91 Å². The zero-order valence-electron chi connectivity index (χ0n) is 16.7. The Bertz CT molecular complexity index is 920. The number of rotatable bonds is 7. The van der Waals surface area contributed by atoms with Crippen molar-refractivity contribution in [2.24, 2.45) is 0 Å². The number of carbonyl (C=O) groups is 1. The number of allylic oxidation sites excluding steroid dienone is 2. The van der Waals surface area contributed by atoms with Gasteiger partial charge in [0.2, 0.25) is 0 Å². The van der Waals surface area contributed by atoms with Crippen LogP contribution in [0.25, 0.3) is 6.08 Å².